The molecule has 0 aliphatic rings. The van der Waals surface area contributed by atoms with E-state index in [0.717, 1.165) is 16.5 Å². The van der Waals surface area contributed by atoms with Crippen LogP contribution in [0.5, 0.6) is 0 Å². The van der Waals surface area contributed by atoms with E-state index in [2.05, 4.69) is 25.9 Å². The lowest BCUT2D eigenvalue weighted by atomic mass is 10.0. The Labute approximate surface area is 208 Å². The first-order valence-corrected chi connectivity index (χ1v) is 11.5. The Hall–Kier alpha value is -4.13. The number of carboxylic acids is 1. The van der Waals surface area contributed by atoms with Gasteiger partial charge in [-0.2, -0.15) is 0 Å². The van der Waals surface area contributed by atoms with Gasteiger partial charge in [0.25, 0.3) is 0 Å². The first-order chi connectivity index (χ1) is 17.0. The average molecular weight is 503 g/mol. The minimum absolute atomic E-state index is 0.114. The van der Waals surface area contributed by atoms with Gasteiger partial charge in [-0.05, 0) is 38.3 Å². The third-order valence-corrected chi connectivity index (χ3v) is 5.45. The molecule has 0 saturated heterocycles. The van der Waals surface area contributed by atoms with Crippen LogP contribution in [0.4, 0.5) is 0 Å². The van der Waals surface area contributed by atoms with E-state index in [4.69, 9.17) is 22.3 Å². The van der Waals surface area contributed by atoms with Gasteiger partial charge in [0.2, 0.25) is 17.7 Å². The van der Waals surface area contributed by atoms with Crippen molar-refractivity contribution in [2.24, 2.45) is 22.2 Å². The van der Waals surface area contributed by atoms with E-state index in [1.54, 1.807) is 6.20 Å². The van der Waals surface area contributed by atoms with Crippen molar-refractivity contribution in [3.63, 3.8) is 0 Å². The number of guanidine groups is 1. The smallest absolute Gasteiger partial charge is 0.325 e. The van der Waals surface area contributed by atoms with Crippen molar-refractivity contribution < 1.29 is 24.3 Å². The van der Waals surface area contributed by atoms with Crippen LogP contribution in [0.2, 0.25) is 0 Å². The van der Waals surface area contributed by atoms with Crippen LogP contribution in [0.15, 0.2) is 35.5 Å². The highest BCUT2D eigenvalue weighted by atomic mass is 16.4. The molecule has 0 aliphatic heterocycles. The molecule has 196 valence electrons. The van der Waals surface area contributed by atoms with Crippen LogP contribution in [0, 0.1) is 0 Å². The number of aliphatic carboxylic acids is 1. The quantitative estimate of drug-likeness (QED) is 0.0926. The Morgan fingerprint density at radius 1 is 1.00 bits per heavy atom. The third kappa shape index (κ3) is 8.27. The highest BCUT2D eigenvalue weighted by molar-refractivity contribution is 5.94. The molecule has 4 unspecified atom stereocenters. The number of carbonyl (C=O) groups excluding carboxylic acids is 3. The molecule has 13 nitrogen and oxygen atoms in total. The number of amides is 3. The first kappa shape index (κ1) is 28.1. The monoisotopic (exact) mass is 502 g/mol. The fourth-order valence-electron chi connectivity index (χ4n) is 3.45. The number of nitrogens with two attached hydrogens (primary N) is 3. The fourth-order valence-corrected chi connectivity index (χ4v) is 3.45. The molecular weight excluding hydrogens is 468 g/mol. The molecule has 2 aromatic rings. The molecule has 11 N–H and O–H groups in total. The van der Waals surface area contributed by atoms with Gasteiger partial charge in [-0.25, -0.2) is 0 Å². The normalized spacial score (nSPS) is 14.2. The highest BCUT2D eigenvalue weighted by Gasteiger charge is 2.29. The summed E-state index contributed by atoms with van der Waals surface area (Å²) >= 11 is 0. The zero-order valence-electron chi connectivity index (χ0n) is 20.3. The first-order valence-electron chi connectivity index (χ1n) is 11.5. The van der Waals surface area contributed by atoms with Gasteiger partial charge >= 0.3 is 5.97 Å². The number of H-pyrrole nitrogens is 1. The van der Waals surface area contributed by atoms with Gasteiger partial charge in [-0.3, -0.25) is 24.2 Å². The number of fused-ring (bicyclic) bond motifs is 1. The zero-order chi connectivity index (χ0) is 26.8. The van der Waals surface area contributed by atoms with Crippen LogP contribution in [0.1, 0.15) is 32.3 Å². The molecule has 4 atom stereocenters. The molecule has 0 spiro atoms. The zero-order valence-corrected chi connectivity index (χ0v) is 20.3. The van der Waals surface area contributed by atoms with Gasteiger partial charge in [0, 0.05) is 30.1 Å². The van der Waals surface area contributed by atoms with Crippen molar-refractivity contribution in [3.05, 3.63) is 36.0 Å². The highest BCUT2D eigenvalue weighted by Crippen LogP contribution is 2.19. The molecule has 0 fully saturated rings. The lowest BCUT2D eigenvalue weighted by Gasteiger charge is -2.24. The van der Waals surface area contributed by atoms with Crippen molar-refractivity contribution in [1.82, 2.24) is 20.9 Å². The fraction of sp³-hybridized carbons (Fsp3) is 0.435. The topological polar surface area (TPSA) is 231 Å². The Kier molecular flexibility index (Phi) is 10.2. The van der Waals surface area contributed by atoms with E-state index in [1.807, 2.05) is 24.3 Å². The summed E-state index contributed by atoms with van der Waals surface area (Å²) in [7, 11) is 0. The summed E-state index contributed by atoms with van der Waals surface area (Å²) in [6, 6.07) is 3.32. The predicted molar refractivity (Wildman–Crippen MR) is 135 cm³/mol. The third-order valence-electron chi connectivity index (χ3n) is 5.45. The van der Waals surface area contributed by atoms with Gasteiger partial charge < -0.3 is 43.2 Å². The average Bonchev–Trinajstić information content (AvgIpc) is 3.22. The van der Waals surface area contributed by atoms with Gasteiger partial charge in [-0.1, -0.05) is 18.2 Å². The van der Waals surface area contributed by atoms with Crippen LogP contribution < -0.4 is 33.2 Å². The maximum atomic E-state index is 13.3. The van der Waals surface area contributed by atoms with Gasteiger partial charge in [0.1, 0.15) is 18.1 Å². The van der Waals surface area contributed by atoms with Crippen molar-refractivity contribution in [1.29, 1.82) is 0 Å². The molecule has 13 heteroatoms. The maximum absolute atomic E-state index is 13.3. The molecule has 1 aromatic carbocycles. The number of aromatic nitrogens is 1. The lowest BCUT2D eigenvalue weighted by molar-refractivity contribution is -0.141. The predicted octanol–water partition coefficient (Wildman–Crippen LogP) is -1.33. The number of rotatable bonds is 13. The molecule has 0 radical (unpaired) electrons. The van der Waals surface area contributed by atoms with Crippen molar-refractivity contribution in [3.8, 4) is 0 Å². The molecule has 0 saturated carbocycles. The number of benzene rings is 1. The summed E-state index contributed by atoms with van der Waals surface area (Å²) in [5.74, 6) is -3.19. The number of nitrogens with zero attached hydrogens (tertiary/aromatic N) is 1. The number of carboxylic acid groups (broad SMARTS) is 1. The minimum Gasteiger partial charge on any atom is -0.480 e. The van der Waals surface area contributed by atoms with E-state index in [9.17, 15) is 19.2 Å². The van der Waals surface area contributed by atoms with Crippen molar-refractivity contribution in [2.75, 3.05) is 6.54 Å². The molecule has 1 heterocycles. The van der Waals surface area contributed by atoms with E-state index in [-0.39, 0.29) is 25.3 Å². The number of aromatic amines is 1. The number of hydrogen-bond acceptors (Lipinski definition) is 6. The molecular formula is C23H34N8O5. The summed E-state index contributed by atoms with van der Waals surface area (Å²) in [6.07, 6.45) is 2.33. The maximum Gasteiger partial charge on any atom is 0.325 e. The Morgan fingerprint density at radius 2 is 1.64 bits per heavy atom. The standard InChI is InChI=1S/C23H34N8O5/c1-12(24)19(32)31-18(10-14-11-28-16-7-4-3-6-15(14)16)21(34)30-17(8-5-9-27-23(25)26)20(33)29-13(2)22(35)36/h3-4,6-7,11-13,17-18,28H,5,8-10,24H2,1-2H3,(H,29,33)(H,30,34)(H,31,32)(H,35,36)(H4,25,26,27). The number of hydrogen-bond donors (Lipinski definition) is 8. The summed E-state index contributed by atoms with van der Waals surface area (Å²) < 4.78 is 0. The Balaban J connectivity index is 2.24. The van der Waals surface area contributed by atoms with Crippen molar-refractivity contribution >= 4 is 40.6 Å². The van der Waals surface area contributed by atoms with Crippen molar-refractivity contribution in [2.45, 2.75) is 57.3 Å². The second-order valence-electron chi connectivity index (χ2n) is 8.49. The van der Waals surface area contributed by atoms with Gasteiger partial charge in [-0.15, -0.1) is 0 Å². The van der Waals surface area contributed by atoms with E-state index in [1.165, 1.54) is 13.8 Å². The molecule has 1 aromatic heterocycles. The SMILES string of the molecule is CC(N)C(=O)NC(Cc1c[nH]c2ccccc12)C(=O)NC(CCCN=C(N)N)C(=O)NC(C)C(=O)O. The summed E-state index contributed by atoms with van der Waals surface area (Å²) in [6.45, 7) is 3.00. The van der Waals surface area contributed by atoms with Crippen LogP contribution in [0.3, 0.4) is 0 Å². The molecule has 2 rings (SSSR count). The summed E-state index contributed by atoms with van der Waals surface area (Å²) in [5, 5.41) is 17.6. The van der Waals surface area contributed by atoms with Crippen LogP contribution in [-0.2, 0) is 25.6 Å². The van der Waals surface area contributed by atoms with Crippen LogP contribution >= 0.6 is 0 Å². The summed E-state index contributed by atoms with van der Waals surface area (Å²) in [5.41, 5.74) is 18.0. The second-order valence-corrected chi connectivity index (χ2v) is 8.49. The van der Waals surface area contributed by atoms with E-state index >= 15 is 0 Å². The van der Waals surface area contributed by atoms with Crippen LogP contribution in [0.25, 0.3) is 10.9 Å². The molecule has 3 amide bonds. The minimum atomic E-state index is -1.23. The van der Waals surface area contributed by atoms with Gasteiger partial charge in [0.05, 0.1) is 6.04 Å². The molecule has 0 bridgehead atoms. The molecule has 36 heavy (non-hydrogen) atoms. The summed E-state index contributed by atoms with van der Waals surface area (Å²) in [4.78, 5) is 56.6. The largest absolute Gasteiger partial charge is 0.480 e. The number of aliphatic imine (C=N–C) groups is 1. The Morgan fingerprint density at radius 3 is 2.28 bits per heavy atom. The van der Waals surface area contributed by atoms with E-state index in [0.29, 0.717) is 6.42 Å². The van der Waals surface area contributed by atoms with E-state index < -0.39 is 47.9 Å². The van der Waals surface area contributed by atoms with Gasteiger partial charge in [0.15, 0.2) is 5.96 Å². The number of para-hydroxylation sites is 1. The second kappa shape index (κ2) is 13.1. The van der Waals surface area contributed by atoms with Crippen LogP contribution in [-0.4, -0.2) is 70.5 Å². The molecule has 0 aliphatic carbocycles. The Bertz CT molecular complexity index is 1110. The lowest BCUT2D eigenvalue weighted by Crippen LogP contribution is -2.57. The number of carbonyl (C=O) groups is 4. The number of nitrogens with one attached hydrogen (secondary N) is 4.